The van der Waals surface area contributed by atoms with E-state index in [1.54, 1.807) is 0 Å². The quantitative estimate of drug-likeness (QED) is 0.658. The molecule has 1 aliphatic heterocycles. The fourth-order valence-corrected chi connectivity index (χ4v) is 3.10. The summed E-state index contributed by atoms with van der Waals surface area (Å²) in [5, 5.41) is 10.5. The predicted molar refractivity (Wildman–Crippen MR) is 103 cm³/mol. The zero-order chi connectivity index (χ0) is 18.5. The van der Waals surface area contributed by atoms with Gasteiger partial charge in [0.05, 0.1) is 6.42 Å². The minimum Gasteiger partial charge on any atom is -0.370 e. The first-order valence-corrected chi connectivity index (χ1v) is 8.94. The second-order valence-corrected chi connectivity index (χ2v) is 6.67. The predicted octanol–water partition coefficient (Wildman–Crippen LogP) is 1.88. The normalized spacial score (nSPS) is 14.9. The van der Waals surface area contributed by atoms with Crippen LogP contribution in [-0.4, -0.2) is 34.2 Å². The van der Waals surface area contributed by atoms with Crippen LogP contribution >= 0.6 is 12.2 Å². The van der Waals surface area contributed by atoms with Crippen molar-refractivity contribution >= 4 is 34.9 Å². The number of carbonyl (C=O) groups excluding carboxylic acids is 1. The maximum atomic E-state index is 11.5. The number of benzene rings is 1. The van der Waals surface area contributed by atoms with Gasteiger partial charge in [0.25, 0.3) is 11.8 Å². The van der Waals surface area contributed by atoms with Crippen LogP contribution in [0.15, 0.2) is 28.8 Å². The molecule has 2 heterocycles. The Labute approximate surface area is 157 Å². The van der Waals surface area contributed by atoms with Crippen molar-refractivity contribution < 1.29 is 9.32 Å². The number of hydrogen-bond donors (Lipinski definition) is 3. The summed E-state index contributed by atoms with van der Waals surface area (Å²) in [5.74, 6) is 0.341. The molecule has 1 aromatic heterocycles. The van der Waals surface area contributed by atoms with E-state index < -0.39 is 11.9 Å². The Morgan fingerprint density at radius 1 is 1.38 bits per heavy atom. The van der Waals surface area contributed by atoms with Crippen LogP contribution in [-0.2, 0) is 4.79 Å². The maximum absolute atomic E-state index is 11.5. The third kappa shape index (κ3) is 4.48. The molecule has 1 aromatic carbocycles. The highest BCUT2D eigenvalue weighted by molar-refractivity contribution is 7.80. The molecule has 0 bridgehead atoms. The molecule has 4 N–H and O–H groups in total. The number of carbonyl (C=O) groups is 1. The average Bonchev–Trinajstić information content (AvgIpc) is 3.27. The lowest BCUT2D eigenvalue weighted by Gasteiger charge is -2.17. The van der Waals surface area contributed by atoms with Crippen molar-refractivity contribution in [1.82, 2.24) is 15.5 Å². The lowest BCUT2D eigenvalue weighted by atomic mass is 10.2. The number of para-hydroxylation sites is 1. The summed E-state index contributed by atoms with van der Waals surface area (Å²) in [6.45, 7) is 3.78. The summed E-state index contributed by atoms with van der Waals surface area (Å²) in [6, 6.07) is 7.18. The Bertz CT molecular complexity index is 787. The van der Waals surface area contributed by atoms with Crippen molar-refractivity contribution in [1.29, 1.82) is 0 Å². The minimum absolute atomic E-state index is 0.00275. The molecular formula is C17H22N6O2S. The molecule has 0 aliphatic carbocycles. The van der Waals surface area contributed by atoms with E-state index in [2.05, 4.69) is 25.7 Å². The number of aryl methyl sites for hydroxylation is 1. The summed E-state index contributed by atoms with van der Waals surface area (Å²) in [5.41, 5.74) is 7.30. The zero-order valence-electron chi connectivity index (χ0n) is 14.6. The lowest BCUT2D eigenvalue weighted by molar-refractivity contribution is -0.118. The Morgan fingerprint density at radius 2 is 2.12 bits per heavy atom. The number of nitrogens with zero attached hydrogens (tertiary/aromatic N) is 3. The highest BCUT2D eigenvalue weighted by atomic mass is 32.1. The molecule has 2 aromatic rings. The topological polar surface area (TPSA) is 109 Å². The van der Waals surface area contributed by atoms with Gasteiger partial charge in [-0.1, -0.05) is 18.2 Å². The van der Waals surface area contributed by atoms with Crippen LogP contribution in [0.4, 0.5) is 11.6 Å². The van der Waals surface area contributed by atoms with Crippen LogP contribution in [0, 0.1) is 6.92 Å². The SMILES string of the molecule is Cc1ccccc1NC(=S)N[C@@H](CC(N)=O)c1nc(N2CCCC2)no1. The number of amides is 1. The molecule has 0 spiro atoms. The van der Waals surface area contributed by atoms with Crippen LogP contribution in [0.25, 0.3) is 0 Å². The van der Waals surface area contributed by atoms with Gasteiger partial charge in [-0.2, -0.15) is 4.98 Å². The second kappa shape index (κ2) is 8.13. The number of anilines is 2. The molecule has 138 valence electrons. The van der Waals surface area contributed by atoms with Crippen LogP contribution in [0.2, 0.25) is 0 Å². The standard InChI is InChI=1S/C17H22N6O2S/c1-11-6-2-3-7-12(11)19-17(26)20-13(10-14(18)24)15-21-16(22-25-15)23-8-4-5-9-23/h2-3,6-7,13H,4-5,8-10H2,1H3,(H2,18,24)(H2,19,20,26)/t13-/m0/s1. The largest absolute Gasteiger partial charge is 0.370 e. The molecule has 9 heteroatoms. The molecule has 1 fully saturated rings. The minimum atomic E-state index is -0.583. The molecular weight excluding hydrogens is 352 g/mol. The molecule has 0 saturated carbocycles. The van der Waals surface area contributed by atoms with Gasteiger partial charge in [-0.15, -0.1) is 0 Å². The number of primary amides is 1. The van der Waals surface area contributed by atoms with Gasteiger partial charge >= 0.3 is 0 Å². The van der Waals surface area contributed by atoms with E-state index in [-0.39, 0.29) is 6.42 Å². The van der Waals surface area contributed by atoms with Crippen LogP contribution < -0.4 is 21.3 Å². The van der Waals surface area contributed by atoms with Crippen molar-refractivity contribution in [2.45, 2.75) is 32.2 Å². The van der Waals surface area contributed by atoms with Gasteiger partial charge in [0.15, 0.2) is 5.11 Å². The molecule has 0 unspecified atom stereocenters. The van der Waals surface area contributed by atoms with Gasteiger partial charge in [-0.25, -0.2) is 0 Å². The van der Waals surface area contributed by atoms with Gasteiger partial charge in [0.1, 0.15) is 6.04 Å². The van der Waals surface area contributed by atoms with E-state index in [4.69, 9.17) is 22.5 Å². The lowest BCUT2D eigenvalue weighted by Crippen LogP contribution is -2.35. The summed E-state index contributed by atoms with van der Waals surface area (Å²) < 4.78 is 5.35. The Balaban J connectivity index is 1.70. The van der Waals surface area contributed by atoms with Crippen LogP contribution in [0.5, 0.6) is 0 Å². The van der Waals surface area contributed by atoms with Crippen molar-refractivity contribution in [3.05, 3.63) is 35.7 Å². The molecule has 0 radical (unpaired) electrons. The summed E-state index contributed by atoms with van der Waals surface area (Å²) in [6.07, 6.45) is 2.21. The molecule has 1 atom stereocenters. The highest BCUT2D eigenvalue weighted by Crippen LogP contribution is 2.21. The van der Waals surface area contributed by atoms with Crippen LogP contribution in [0.3, 0.4) is 0 Å². The Hall–Kier alpha value is -2.68. The number of aromatic nitrogens is 2. The second-order valence-electron chi connectivity index (χ2n) is 6.26. The number of thiocarbonyl (C=S) groups is 1. The summed E-state index contributed by atoms with van der Waals surface area (Å²) in [7, 11) is 0. The number of rotatable bonds is 6. The summed E-state index contributed by atoms with van der Waals surface area (Å²) in [4.78, 5) is 17.9. The van der Waals surface area contributed by atoms with Crippen molar-refractivity contribution in [2.75, 3.05) is 23.3 Å². The van der Waals surface area contributed by atoms with Gasteiger partial charge < -0.3 is 25.8 Å². The third-order valence-electron chi connectivity index (χ3n) is 4.22. The van der Waals surface area contributed by atoms with E-state index in [1.807, 2.05) is 31.2 Å². The van der Waals surface area contributed by atoms with Crippen molar-refractivity contribution in [2.24, 2.45) is 5.73 Å². The molecule has 1 saturated heterocycles. The van der Waals surface area contributed by atoms with E-state index >= 15 is 0 Å². The Morgan fingerprint density at radius 3 is 2.81 bits per heavy atom. The zero-order valence-corrected chi connectivity index (χ0v) is 15.4. The maximum Gasteiger partial charge on any atom is 0.266 e. The monoisotopic (exact) mass is 374 g/mol. The number of nitrogens with one attached hydrogen (secondary N) is 2. The van der Waals surface area contributed by atoms with Gasteiger partial charge in [0, 0.05) is 18.8 Å². The van der Waals surface area contributed by atoms with E-state index in [1.165, 1.54) is 0 Å². The third-order valence-corrected chi connectivity index (χ3v) is 4.44. The van der Waals surface area contributed by atoms with E-state index in [0.717, 1.165) is 37.2 Å². The van der Waals surface area contributed by atoms with Gasteiger partial charge in [0.2, 0.25) is 5.91 Å². The fourth-order valence-electron chi connectivity index (χ4n) is 2.85. The first-order valence-electron chi connectivity index (χ1n) is 8.53. The van der Waals surface area contributed by atoms with Crippen molar-refractivity contribution in [3.8, 4) is 0 Å². The molecule has 3 rings (SSSR count). The van der Waals surface area contributed by atoms with E-state index in [9.17, 15) is 4.79 Å². The fraction of sp³-hybridized carbons (Fsp3) is 0.412. The smallest absolute Gasteiger partial charge is 0.266 e. The molecule has 26 heavy (non-hydrogen) atoms. The molecule has 1 aliphatic rings. The summed E-state index contributed by atoms with van der Waals surface area (Å²) >= 11 is 5.36. The highest BCUT2D eigenvalue weighted by Gasteiger charge is 2.25. The molecule has 1 amide bonds. The Kier molecular flexibility index (Phi) is 5.67. The number of hydrogen-bond acceptors (Lipinski definition) is 6. The first kappa shape index (κ1) is 18.1. The first-order chi connectivity index (χ1) is 12.5. The van der Waals surface area contributed by atoms with Crippen LogP contribution in [0.1, 0.15) is 36.8 Å². The van der Waals surface area contributed by atoms with Crippen molar-refractivity contribution in [3.63, 3.8) is 0 Å². The van der Waals surface area contributed by atoms with Gasteiger partial charge in [-0.3, -0.25) is 4.79 Å². The molecule has 8 nitrogen and oxygen atoms in total. The van der Waals surface area contributed by atoms with Gasteiger partial charge in [-0.05, 0) is 48.8 Å². The van der Waals surface area contributed by atoms with E-state index in [0.29, 0.717) is 17.0 Å². The average molecular weight is 374 g/mol. The number of nitrogens with two attached hydrogens (primary N) is 1.